The molecule has 0 aliphatic rings. The molecule has 0 fully saturated rings. The topological polar surface area (TPSA) is 52.6 Å². The van der Waals surface area contributed by atoms with Crippen molar-refractivity contribution in [3.05, 3.63) is 35.4 Å². The van der Waals surface area contributed by atoms with Crippen molar-refractivity contribution in [3.8, 4) is 0 Å². The van der Waals surface area contributed by atoms with Crippen LogP contribution in [0, 0.1) is 0 Å². The molecule has 4 heteroatoms. The van der Waals surface area contributed by atoms with E-state index in [1.165, 1.54) is 44.9 Å². The predicted molar refractivity (Wildman–Crippen MR) is 109 cm³/mol. The molecule has 0 aliphatic heterocycles. The van der Waals surface area contributed by atoms with Crippen LogP contribution in [-0.2, 0) is 9.47 Å². The number of ether oxygens (including phenoxy) is 2. The van der Waals surface area contributed by atoms with Crippen LogP contribution in [0.3, 0.4) is 0 Å². The van der Waals surface area contributed by atoms with Gasteiger partial charge in [-0.15, -0.1) is 0 Å². The normalized spacial score (nSPS) is 10.6. The number of unbranched alkanes of at least 4 members (excludes halogenated alkanes) is 9. The molecule has 0 amide bonds. The Morgan fingerprint density at radius 3 is 1.63 bits per heavy atom. The van der Waals surface area contributed by atoms with Crippen LogP contribution in [0.5, 0.6) is 0 Å². The number of esters is 2. The molecule has 4 nitrogen and oxygen atoms in total. The molecule has 0 saturated heterocycles. The predicted octanol–water partition coefficient (Wildman–Crippen LogP) is 6.33. The Morgan fingerprint density at radius 2 is 1.11 bits per heavy atom. The van der Waals surface area contributed by atoms with Gasteiger partial charge in [0.1, 0.15) is 0 Å². The van der Waals surface area contributed by atoms with Gasteiger partial charge in [-0.25, -0.2) is 9.59 Å². The van der Waals surface area contributed by atoms with E-state index >= 15 is 0 Å². The summed E-state index contributed by atoms with van der Waals surface area (Å²) < 4.78 is 10.5. The molecule has 1 rings (SSSR count). The molecular weight excluding hydrogens is 340 g/mol. The summed E-state index contributed by atoms with van der Waals surface area (Å²) in [6, 6.07) is 6.56. The van der Waals surface area contributed by atoms with Crippen LogP contribution in [0.15, 0.2) is 24.3 Å². The average Bonchev–Trinajstić information content (AvgIpc) is 2.69. The Kier molecular flexibility index (Phi) is 13.1. The maximum atomic E-state index is 12.1. The quantitative estimate of drug-likeness (QED) is 0.265. The Bertz CT molecular complexity index is 539. The number of carbonyl (C=O) groups excluding carboxylic acids is 2. The van der Waals surface area contributed by atoms with Crippen molar-refractivity contribution in [3.63, 3.8) is 0 Å². The third-order valence-corrected chi connectivity index (χ3v) is 4.55. The van der Waals surface area contributed by atoms with Gasteiger partial charge in [0.05, 0.1) is 24.3 Å². The minimum atomic E-state index is -0.392. The molecule has 0 saturated carbocycles. The second kappa shape index (κ2) is 15.2. The molecule has 27 heavy (non-hydrogen) atoms. The summed E-state index contributed by atoms with van der Waals surface area (Å²) in [5.74, 6) is -0.769. The van der Waals surface area contributed by atoms with Gasteiger partial charge in [-0.1, -0.05) is 77.7 Å². The largest absolute Gasteiger partial charge is 0.462 e. The number of carbonyl (C=O) groups is 2. The summed E-state index contributed by atoms with van der Waals surface area (Å²) in [5, 5.41) is 0. The van der Waals surface area contributed by atoms with Crippen molar-refractivity contribution in [1.82, 2.24) is 0 Å². The molecule has 0 heterocycles. The highest BCUT2D eigenvalue weighted by Crippen LogP contribution is 2.11. The first kappa shape index (κ1) is 23.2. The fourth-order valence-electron chi connectivity index (χ4n) is 2.83. The van der Waals surface area contributed by atoms with E-state index in [-0.39, 0.29) is 5.97 Å². The molecule has 152 valence electrons. The lowest BCUT2D eigenvalue weighted by atomic mass is 10.1. The lowest BCUT2D eigenvalue weighted by Crippen LogP contribution is -2.10. The van der Waals surface area contributed by atoms with E-state index < -0.39 is 5.97 Å². The fourth-order valence-corrected chi connectivity index (χ4v) is 2.83. The van der Waals surface area contributed by atoms with E-state index in [0.29, 0.717) is 24.3 Å². The van der Waals surface area contributed by atoms with Crippen LogP contribution >= 0.6 is 0 Å². The lowest BCUT2D eigenvalue weighted by molar-refractivity contribution is 0.0497. The van der Waals surface area contributed by atoms with Gasteiger partial charge in [-0.2, -0.15) is 0 Å². The summed E-state index contributed by atoms with van der Waals surface area (Å²) in [6.45, 7) is 5.11. The second-order valence-electron chi connectivity index (χ2n) is 7.03. The number of benzene rings is 1. The van der Waals surface area contributed by atoms with Crippen molar-refractivity contribution >= 4 is 11.9 Å². The first-order chi connectivity index (χ1) is 13.2. The van der Waals surface area contributed by atoms with Gasteiger partial charge in [-0.05, 0) is 31.0 Å². The molecule has 0 N–H and O–H groups in total. The monoisotopic (exact) mass is 376 g/mol. The van der Waals surface area contributed by atoms with Crippen molar-refractivity contribution in [1.29, 1.82) is 0 Å². The summed E-state index contributed by atoms with van der Waals surface area (Å²) in [4.78, 5) is 24.1. The van der Waals surface area contributed by atoms with Crippen molar-refractivity contribution in [2.75, 3.05) is 13.2 Å². The second-order valence-corrected chi connectivity index (χ2v) is 7.03. The van der Waals surface area contributed by atoms with E-state index in [1.54, 1.807) is 24.3 Å². The first-order valence-corrected chi connectivity index (χ1v) is 10.6. The lowest BCUT2D eigenvalue weighted by Gasteiger charge is -2.07. The zero-order valence-corrected chi connectivity index (χ0v) is 17.1. The number of rotatable bonds is 15. The molecule has 1 aromatic rings. The van der Waals surface area contributed by atoms with Gasteiger partial charge in [0, 0.05) is 0 Å². The van der Waals surface area contributed by atoms with Crippen LogP contribution in [0.4, 0.5) is 0 Å². The maximum absolute atomic E-state index is 12.1. The van der Waals surface area contributed by atoms with Crippen LogP contribution in [0.25, 0.3) is 0 Å². The van der Waals surface area contributed by atoms with Crippen LogP contribution in [-0.4, -0.2) is 25.2 Å². The van der Waals surface area contributed by atoms with Crippen LogP contribution in [0.2, 0.25) is 0 Å². The molecular formula is C23H36O4. The first-order valence-electron chi connectivity index (χ1n) is 10.6. The molecule has 0 unspecified atom stereocenters. The van der Waals surface area contributed by atoms with E-state index in [2.05, 4.69) is 6.92 Å². The molecule has 0 aromatic heterocycles. The van der Waals surface area contributed by atoms with E-state index in [9.17, 15) is 9.59 Å². The highest BCUT2D eigenvalue weighted by Gasteiger charge is 2.12. The highest BCUT2D eigenvalue weighted by molar-refractivity contribution is 5.95. The number of hydrogen-bond donors (Lipinski definition) is 0. The van der Waals surface area contributed by atoms with Gasteiger partial charge in [0.25, 0.3) is 0 Å². The SMILES string of the molecule is CCCCCCCCCCCOC(=O)c1cccc(C(=O)OCCCC)c1. The van der Waals surface area contributed by atoms with E-state index in [4.69, 9.17) is 9.47 Å². The highest BCUT2D eigenvalue weighted by atomic mass is 16.5. The average molecular weight is 377 g/mol. The van der Waals surface area contributed by atoms with Crippen molar-refractivity contribution in [2.45, 2.75) is 84.5 Å². The standard InChI is InChI=1S/C23H36O4/c1-3-5-7-8-9-10-11-12-13-18-27-23(25)21-16-14-15-20(19-21)22(24)26-17-6-4-2/h14-16,19H,3-13,17-18H2,1-2H3. The molecule has 0 bridgehead atoms. The Balaban J connectivity index is 2.21. The van der Waals surface area contributed by atoms with E-state index in [1.807, 2.05) is 6.92 Å². The van der Waals surface area contributed by atoms with Gasteiger partial charge in [0.15, 0.2) is 0 Å². The molecule has 0 aliphatic carbocycles. The number of hydrogen-bond acceptors (Lipinski definition) is 4. The smallest absolute Gasteiger partial charge is 0.338 e. The fraction of sp³-hybridized carbons (Fsp3) is 0.652. The van der Waals surface area contributed by atoms with Crippen LogP contribution < -0.4 is 0 Å². The minimum absolute atomic E-state index is 0.377. The van der Waals surface area contributed by atoms with Crippen LogP contribution in [0.1, 0.15) is 105 Å². The molecule has 0 spiro atoms. The zero-order chi connectivity index (χ0) is 19.7. The summed E-state index contributed by atoms with van der Waals surface area (Å²) in [6.07, 6.45) is 12.9. The van der Waals surface area contributed by atoms with Crippen molar-refractivity contribution < 1.29 is 19.1 Å². The zero-order valence-electron chi connectivity index (χ0n) is 17.1. The van der Waals surface area contributed by atoms with Gasteiger partial charge in [0.2, 0.25) is 0 Å². The Morgan fingerprint density at radius 1 is 0.667 bits per heavy atom. The Hall–Kier alpha value is -1.84. The Labute approximate surface area is 164 Å². The van der Waals surface area contributed by atoms with Crippen molar-refractivity contribution in [2.24, 2.45) is 0 Å². The summed E-state index contributed by atoms with van der Waals surface area (Å²) >= 11 is 0. The molecule has 1 aromatic carbocycles. The third-order valence-electron chi connectivity index (χ3n) is 4.55. The van der Waals surface area contributed by atoms with Gasteiger partial charge in [-0.3, -0.25) is 0 Å². The molecule has 0 atom stereocenters. The summed E-state index contributed by atoms with van der Waals surface area (Å²) in [5.41, 5.74) is 0.791. The van der Waals surface area contributed by atoms with E-state index in [0.717, 1.165) is 25.7 Å². The van der Waals surface area contributed by atoms with Gasteiger partial charge < -0.3 is 9.47 Å². The summed E-state index contributed by atoms with van der Waals surface area (Å²) in [7, 11) is 0. The minimum Gasteiger partial charge on any atom is -0.462 e. The molecule has 0 radical (unpaired) electrons. The van der Waals surface area contributed by atoms with Gasteiger partial charge >= 0.3 is 11.9 Å². The third kappa shape index (κ3) is 10.8. The maximum Gasteiger partial charge on any atom is 0.338 e.